The highest BCUT2D eigenvalue weighted by atomic mass is 16.6. The number of carbonyl (C=O) groups excluding carboxylic acids is 1. The van der Waals surface area contributed by atoms with Gasteiger partial charge in [-0.3, -0.25) is 0 Å². The number of rotatable bonds is 3. The largest absolute Gasteiger partial charge is 0.461 e. The summed E-state index contributed by atoms with van der Waals surface area (Å²) in [6, 6.07) is 9.38. The second-order valence-corrected chi connectivity index (χ2v) is 4.26. The van der Waals surface area contributed by atoms with Crippen molar-refractivity contribution in [1.82, 2.24) is 0 Å². The molecule has 0 spiro atoms. The Morgan fingerprint density at radius 3 is 2.75 bits per heavy atom. The summed E-state index contributed by atoms with van der Waals surface area (Å²) in [4.78, 5) is 16.0. The normalized spacial score (nSPS) is 20.6. The van der Waals surface area contributed by atoms with Gasteiger partial charge in [0.2, 0.25) is 0 Å². The van der Waals surface area contributed by atoms with Crippen LogP contribution in [0.5, 0.6) is 0 Å². The Kier molecular flexibility index (Phi) is 3.85. The molecule has 20 heavy (non-hydrogen) atoms. The Morgan fingerprint density at radius 2 is 2.15 bits per heavy atom. The van der Waals surface area contributed by atoms with Gasteiger partial charge >= 0.3 is 11.7 Å². The first-order valence-electron chi connectivity index (χ1n) is 6.21. The van der Waals surface area contributed by atoms with Crippen molar-refractivity contribution in [3.63, 3.8) is 0 Å². The number of nitrogens with zero attached hydrogens (tertiary/aromatic N) is 2. The van der Waals surface area contributed by atoms with Crippen LogP contribution in [0.2, 0.25) is 0 Å². The maximum atomic E-state index is 11.9. The number of hydrogen-bond acceptors (Lipinski definition) is 5. The molecule has 1 aliphatic rings. The van der Waals surface area contributed by atoms with Crippen LogP contribution < -0.4 is 0 Å². The van der Waals surface area contributed by atoms with Gasteiger partial charge in [-0.2, -0.15) is 5.26 Å². The van der Waals surface area contributed by atoms with Crippen molar-refractivity contribution in [2.45, 2.75) is 19.6 Å². The lowest BCUT2D eigenvalue weighted by Crippen LogP contribution is -2.41. The number of aryl methyl sites for hydroxylation is 1. The number of carbonyl (C=O) groups is 1. The molecule has 0 bridgehead atoms. The van der Waals surface area contributed by atoms with Crippen LogP contribution in [0.1, 0.15) is 18.1 Å². The summed E-state index contributed by atoms with van der Waals surface area (Å²) in [6.07, 6.45) is 2.90. The predicted octanol–water partition coefficient (Wildman–Crippen LogP) is 2.11. The molecule has 0 N–H and O–H groups in total. The van der Waals surface area contributed by atoms with E-state index in [4.69, 9.17) is 9.47 Å². The Hall–Kier alpha value is -2.61. The van der Waals surface area contributed by atoms with E-state index in [2.05, 4.69) is 4.99 Å². The van der Waals surface area contributed by atoms with E-state index in [0.717, 1.165) is 11.1 Å². The second-order valence-electron chi connectivity index (χ2n) is 4.26. The molecule has 0 radical (unpaired) electrons. The highest BCUT2D eigenvalue weighted by molar-refractivity contribution is 6.10. The Morgan fingerprint density at radius 1 is 1.45 bits per heavy atom. The van der Waals surface area contributed by atoms with Crippen molar-refractivity contribution in [1.29, 1.82) is 5.26 Å². The minimum absolute atomic E-state index is 0.157. The van der Waals surface area contributed by atoms with E-state index < -0.39 is 11.7 Å². The Balaban J connectivity index is 2.39. The van der Waals surface area contributed by atoms with Crippen molar-refractivity contribution in [3.05, 3.63) is 47.7 Å². The lowest BCUT2D eigenvalue weighted by atomic mass is 10.1. The molecule has 1 aromatic carbocycles. The fraction of sp³-hybridized carbons (Fsp3) is 0.267. The second kappa shape index (κ2) is 5.57. The van der Waals surface area contributed by atoms with Gasteiger partial charge < -0.3 is 9.47 Å². The lowest BCUT2D eigenvalue weighted by molar-refractivity contribution is -0.159. The molecule has 102 valence electrons. The van der Waals surface area contributed by atoms with Crippen LogP contribution in [0.25, 0.3) is 0 Å². The number of nitriles is 1. The van der Waals surface area contributed by atoms with Gasteiger partial charge in [-0.1, -0.05) is 29.8 Å². The molecular weight excluding hydrogens is 256 g/mol. The number of hydrogen-bond donors (Lipinski definition) is 0. The van der Waals surface area contributed by atoms with Crippen LogP contribution in [0.3, 0.4) is 0 Å². The highest BCUT2D eigenvalue weighted by Crippen LogP contribution is 2.22. The average Bonchev–Trinajstić information content (AvgIpc) is 2.48. The fourth-order valence-corrected chi connectivity index (χ4v) is 1.73. The standard InChI is InChI=1S/C15H14N2O3/c1-3-19-14(18)15(10-16)17-13(8-9-20-15)12-6-4-11(2)5-7-12/h4-9H,3H2,1-2H3. The monoisotopic (exact) mass is 270 g/mol. The van der Waals surface area contributed by atoms with Crippen LogP contribution in [-0.2, 0) is 14.3 Å². The van der Waals surface area contributed by atoms with Crippen molar-refractivity contribution >= 4 is 11.7 Å². The number of ether oxygens (including phenoxy) is 2. The molecule has 1 heterocycles. The molecular formula is C15H14N2O3. The molecule has 0 aliphatic carbocycles. The minimum atomic E-state index is -1.95. The third-order valence-corrected chi connectivity index (χ3v) is 2.79. The van der Waals surface area contributed by atoms with Crippen LogP contribution in [0.4, 0.5) is 0 Å². The quantitative estimate of drug-likeness (QED) is 0.789. The molecule has 1 atom stereocenters. The number of aliphatic imine (C=N–C) groups is 1. The van der Waals surface area contributed by atoms with E-state index >= 15 is 0 Å². The first-order valence-corrected chi connectivity index (χ1v) is 6.21. The molecule has 5 nitrogen and oxygen atoms in total. The molecule has 0 saturated heterocycles. The Labute approximate surface area is 117 Å². The van der Waals surface area contributed by atoms with Crippen molar-refractivity contribution < 1.29 is 14.3 Å². The summed E-state index contributed by atoms with van der Waals surface area (Å²) >= 11 is 0. The summed E-state index contributed by atoms with van der Waals surface area (Å²) < 4.78 is 9.95. The molecule has 5 heteroatoms. The number of esters is 1. The third kappa shape index (κ3) is 2.54. The average molecular weight is 270 g/mol. The molecule has 1 aromatic rings. The van der Waals surface area contributed by atoms with Gasteiger partial charge in [0.05, 0.1) is 18.6 Å². The molecule has 0 saturated carbocycles. The maximum absolute atomic E-state index is 11.9. The molecule has 1 unspecified atom stereocenters. The van der Waals surface area contributed by atoms with E-state index in [1.807, 2.05) is 31.2 Å². The SMILES string of the molecule is CCOC(=O)C1(C#N)N=C(c2ccc(C)cc2)C=CO1. The van der Waals surface area contributed by atoms with Crippen molar-refractivity contribution in [3.8, 4) is 6.07 Å². The zero-order valence-electron chi connectivity index (χ0n) is 11.3. The topological polar surface area (TPSA) is 71.7 Å². The maximum Gasteiger partial charge on any atom is 0.390 e. The van der Waals surface area contributed by atoms with E-state index in [-0.39, 0.29) is 6.61 Å². The van der Waals surface area contributed by atoms with Gasteiger partial charge in [0.15, 0.2) is 0 Å². The van der Waals surface area contributed by atoms with Gasteiger partial charge in [0.1, 0.15) is 6.07 Å². The van der Waals surface area contributed by atoms with Crippen LogP contribution in [0, 0.1) is 18.3 Å². The van der Waals surface area contributed by atoms with E-state index in [9.17, 15) is 10.1 Å². The zero-order chi connectivity index (χ0) is 14.6. The van der Waals surface area contributed by atoms with E-state index in [0.29, 0.717) is 5.71 Å². The number of allylic oxidation sites excluding steroid dienone is 1. The van der Waals surface area contributed by atoms with Crippen LogP contribution >= 0.6 is 0 Å². The Bertz CT molecular complexity index is 611. The molecule has 0 aromatic heterocycles. The van der Waals surface area contributed by atoms with Crippen LogP contribution in [0.15, 0.2) is 41.6 Å². The van der Waals surface area contributed by atoms with Gasteiger partial charge in [-0.15, -0.1) is 0 Å². The fourth-order valence-electron chi connectivity index (χ4n) is 1.73. The smallest absolute Gasteiger partial charge is 0.390 e. The van der Waals surface area contributed by atoms with Gasteiger partial charge in [-0.05, 0) is 19.9 Å². The van der Waals surface area contributed by atoms with E-state index in [1.54, 1.807) is 19.1 Å². The first kappa shape index (κ1) is 13.8. The van der Waals surface area contributed by atoms with Crippen molar-refractivity contribution in [2.24, 2.45) is 4.99 Å². The number of benzene rings is 1. The third-order valence-electron chi connectivity index (χ3n) is 2.79. The summed E-state index contributed by atoms with van der Waals surface area (Å²) in [5.41, 5.74) is 0.470. The highest BCUT2D eigenvalue weighted by Gasteiger charge is 2.44. The summed E-state index contributed by atoms with van der Waals surface area (Å²) in [7, 11) is 0. The van der Waals surface area contributed by atoms with Gasteiger partial charge in [0.25, 0.3) is 0 Å². The van der Waals surface area contributed by atoms with E-state index in [1.165, 1.54) is 6.26 Å². The summed E-state index contributed by atoms with van der Waals surface area (Å²) in [5, 5.41) is 9.23. The summed E-state index contributed by atoms with van der Waals surface area (Å²) in [5.74, 6) is -0.809. The molecule has 0 fully saturated rings. The zero-order valence-corrected chi connectivity index (χ0v) is 11.3. The van der Waals surface area contributed by atoms with Gasteiger partial charge in [-0.25, -0.2) is 9.79 Å². The van der Waals surface area contributed by atoms with Gasteiger partial charge in [0, 0.05) is 5.56 Å². The molecule has 0 amide bonds. The molecule has 1 aliphatic heterocycles. The van der Waals surface area contributed by atoms with Crippen LogP contribution in [-0.4, -0.2) is 24.0 Å². The minimum Gasteiger partial charge on any atom is -0.461 e. The first-order chi connectivity index (χ1) is 9.61. The summed E-state index contributed by atoms with van der Waals surface area (Å²) in [6.45, 7) is 3.79. The molecule has 2 rings (SSSR count). The van der Waals surface area contributed by atoms with Crippen molar-refractivity contribution in [2.75, 3.05) is 6.61 Å². The lowest BCUT2D eigenvalue weighted by Gasteiger charge is -2.23. The predicted molar refractivity (Wildman–Crippen MR) is 72.9 cm³/mol.